The fraction of sp³-hybridized carbons (Fsp3) is 0.286. The molecule has 1 aliphatic heterocycles. The van der Waals surface area contributed by atoms with E-state index in [2.05, 4.69) is 15.6 Å². The Labute approximate surface area is 215 Å². The van der Waals surface area contributed by atoms with Gasteiger partial charge in [0.05, 0.1) is 13.7 Å². The summed E-state index contributed by atoms with van der Waals surface area (Å²) in [5, 5.41) is 5.89. The van der Waals surface area contributed by atoms with E-state index in [9.17, 15) is 9.59 Å². The molecule has 37 heavy (non-hydrogen) atoms. The highest BCUT2D eigenvalue weighted by Gasteiger charge is 2.25. The number of methoxy groups -OCH3 is 1. The minimum absolute atomic E-state index is 0.00114. The summed E-state index contributed by atoms with van der Waals surface area (Å²) >= 11 is 0. The largest absolute Gasteiger partial charge is 0.497 e. The molecule has 190 valence electrons. The molecule has 3 heterocycles. The number of pyridine rings is 1. The van der Waals surface area contributed by atoms with Crippen LogP contribution in [-0.4, -0.2) is 46.8 Å². The molecule has 1 saturated heterocycles. The molecule has 9 heteroatoms. The standard InChI is InChI=1S/C28H30N6O3/c1-19-8-10-20(11-9-19)18-34-25-24(7-4-14-29-25)32-26(27(34)35)33-15-12-21(13-16-33)30-28(36)31-22-5-3-6-23(17-22)37-2/h3-11,14,17,21H,12-13,15-16,18H2,1-2H3,(H2,30,31,36). The van der Waals surface area contributed by atoms with Gasteiger partial charge in [0.1, 0.15) is 11.3 Å². The lowest BCUT2D eigenvalue weighted by Gasteiger charge is -2.33. The van der Waals surface area contributed by atoms with Gasteiger partial charge in [-0.2, -0.15) is 0 Å². The predicted octanol–water partition coefficient (Wildman–Crippen LogP) is 3.95. The highest BCUT2D eigenvalue weighted by molar-refractivity contribution is 5.89. The molecule has 2 aromatic carbocycles. The maximum Gasteiger partial charge on any atom is 0.319 e. The molecular weight excluding hydrogens is 468 g/mol. The second kappa shape index (κ2) is 10.7. The second-order valence-electron chi connectivity index (χ2n) is 9.25. The van der Waals surface area contributed by atoms with Crippen molar-refractivity contribution in [1.82, 2.24) is 19.9 Å². The van der Waals surface area contributed by atoms with Crippen LogP contribution >= 0.6 is 0 Å². The monoisotopic (exact) mass is 498 g/mol. The molecule has 5 rings (SSSR count). The highest BCUT2D eigenvalue weighted by atomic mass is 16.5. The van der Waals surface area contributed by atoms with Crippen LogP contribution in [0.2, 0.25) is 0 Å². The first-order valence-electron chi connectivity index (χ1n) is 12.4. The van der Waals surface area contributed by atoms with E-state index >= 15 is 0 Å². The number of hydrogen-bond donors (Lipinski definition) is 2. The van der Waals surface area contributed by atoms with Gasteiger partial charge in [-0.15, -0.1) is 0 Å². The topological polar surface area (TPSA) is 101 Å². The molecule has 2 N–H and O–H groups in total. The van der Waals surface area contributed by atoms with Gasteiger partial charge in [0, 0.05) is 37.1 Å². The maximum absolute atomic E-state index is 13.6. The van der Waals surface area contributed by atoms with Gasteiger partial charge >= 0.3 is 6.03 Å². The Morgan fingerprint density at radius 2 is 1.86 bits per heavy atom. The van der Waals surface area contributed by atoms with Crippen molar-refractivity contribution in [2.75, 3.05) is 30.4 Å². The Kier molecular flexibility index (Phi) is 7.02. The Balaban J connectivity index is 1.29. The first-order chi connectivity index (χ1) is 18.0. The van der Waals surface area contributed by atoms with E-state index in [0.29, 0.717) is 60.9 Å². The van der Waals surface area contributed by atoms with Gasteiger partial charge in [-0.3, -0.25) is 9.36 Å². The van der Waals surface area contributed by atoms with Crippen LogP contribution in [0, 0.1) is 6.92 Å². The molecule has 0 unspecified atom stereocenters. The summed E-state index contributed by atoms with van der Waals surface area (Å²) < 4.78 is 6.91. The minimum atomic E-state index is -0.262. The highest BCUT2D eigenvalue weighted by Crippen LogP contribution is 2.20. The summed E-state index contributed by atoms with van der Waals surface area (Å²) in [6.07, 6.45) is 3.09. The Morgan fingerprint density at radius 3 is 2.62 bits per heavy atom. The van der Waals surface area contributed by atoms with Crippen LogP contribution in [0.15, 0.2) is 71.7 Å². The quantitative estimate of drug-likeness (QED) is 0.418. The fourth-order valence-corrected chi connectivity index (χ4v) is 4.58. The van der Waals surface area contributed by atoms with Gasteiger partial charge in [-0.1, -0.05) is 35.9 Å². The van der Waals surface area contributed by atoms with Gasteiger partial charge in [0.2, 0.25) is 0 Å². The normalized spacial score (nSPS) is 13.9. The van der Waals surface area contributed by atoms with Crippen LogP contribution in [0.4, 0.5) is 16.3 Å². The zero-order valence-corrected chi connectivity index (χ0v) is 21.0. The van der Waals surface area contributed by atoms with Crippen LogP contribution in [-0.2, 0) is 6.54 Å². The molecule has 0 radical (unpaired) electrons. The smallest absolute Gasteiger partial charge is 0.319 e. The lowest BCUT2D eigenvalue weighted by molar-refractivity contribution is 0.246. The second-order valence-corrected chi connectivity index (χ2v) is 9.25. The number of anilines is 2. The van der Waals surface area contributed by atoms with Gasteiger partial charge in [-0.25, -0.2) is 14.8 Å². The van der Waals surface area contributed by atoms with Crippen molar-refractivity contribution in [1.29, 1.82) is 0 Å². The number of nitrogens with zero attached hydrogens (tertiary/aromatic N) is 4. The number of piperidine rings is 1. The zero-order valence-electron chi connectivity index (χ0n) is 21.0. The molecule has 4 aromatic rings. The summed E-state index contributed by atoms with van der Waals surface area (Å²) in [4.78, 5) is 37.3. The van der Waals surface area contributed by atoms with E-state index in [1.54, 1.807) is 23.9 Å². The number of benzene rings is 2. The first-order valence-corrected chi connectivity index (χ1v) is 12.4. The zero-order chi connectivity index (χ0) is 25.8. The molecule has 0 spiro atoms. The molecule has 2 aromatic heterocycles. The number of carbonyl (C=O) groups is 1. The molecule has 0 bridgehead atoms. The van der Waals surface area contributed by atoms with Crippen LogP contribution < -0.4 is 25.8 Å². The summed E-state index contributed by atoms with van der Waals surface area (Å²) in [6.45, 7) is 3.69. The third-order valence-corrected chi connectivity index (χ3v) is 6.60. The Morgan fingerprint density at radius 1 is 1.08 bits per heavy atom. The number of urea groups is 1. The third kappa shape index (κ3) is 5.55. The van der Waals surface area contributed by atoms with Crippen molar-refractivity contribution in [3.05, 3.63) is 88.3 Å². The maximum atomic E-state index is 13.6. The van der Waals surface area contributed by atoms with Gasteiger partial charge < -0.3 is 20.3 Å². The first kappa shape index (κ1) is 24.3. The summed E-state index contributed by atoms with van der Waals surface area (Å²) in [5.74, 6) is 1.10. The molecule has 2 amide bonds. The predicted molar refractivity (Wildman–Crippen MR) is 144 cm³/mol. The minimum Gasteiger partial charge on any atom is -0.497 e. The van der Waals surface area contributed by atoms with E-state index in [1.807, 2.05) is 66.4 Å². The number of aromatic nitrogens is 3. The number of carbonyl (C=O) groups excluding carboxylic acids is 1. The lowest BCUT2D eigenvalue weighted by Crippen LogP contribution is -2.47. The molecule has 0 aliphatic carbocycles. The number of amides is 2. The molecule has 1 aliphatic rings. The number of ether oxygens (including phenoxy) is 1. The van der Waals surface area contributed by atoms with E-state index in [-0.39, 0.29) is 17.6 Å². The number of aryl methyl sites for hydroxylation is 1. The van der Waals surface area contributed by atoms with E-state index < -0.39 is 0 Å². The molecule has 9 nitrogen and oxygen atoms in total. The molecule has 1 fully saturated rings. The summed E-state index contributed by atoms with van der Waals surface area (Å²) in [7, 11) is 1.59. The van der Waals surface area contributed by atoms with Gasteiger partial charge in [0.25, 0.3) is 5.56 Å². The summed E-state index contributed by atoms with van der Waals surface area (Å²) in [6, 6.07) is 18.8. The lowest BCUT2D eigenvalue weighted by atomic mass is 10.1. The van der Waals surface area contributed by atoms with Crippen LogP contribution in [0.1, 0.15) is 24.0 Å². The van der Waals surface area contributed by atoms with E-state index in [1.165, 1.54) is 5.56 Å². The van der Waals surface area contributed by atoms with Crippen molar-refractivity contribution in [3.63, 3.8) is 0 Å². The van der Waals surface area contributed by atoms with Crippen molar-refractivity contribution >= 4 is 28.7 Å². The number of fused-ring (bicyclic) bond motifs is 1. The number of nitrogens with one attached hydrogen (secondary N) is 2. The average molecular weight is 499 g/mol. The van der Waals surface area contributed by atoms with E-state index in [4.69, 9.17) is 9.72 Å². The summed E-state index contributed by atoms with van der Waals surface area (Å²) in [5.41, 5.74) is 3.96. The van der Waals surface area contributed by atoms with Crippen molar-refractivity contribution < 1.29 is 9.53 Å². The number of hydrogen-bond acceptors (Lipinski definition) is 6. The third-order valence-electron chi connectivity index (χ3n) is 6.60. The van der Waals surface area contributed by atoms with Crippen LogP contribution in [0.3, 0.4) is 0 Å². The molecule has 0 atom stereocenters. The Hall–Kier alpha value is -4.40. The van der Waals surface area contributed by atoms with Crippen LogP contribution in [0.5, 0.6) is 5.75 Å². The SMILES string of the molecule is COc1cccc(NC(=O)NC2CCN(c3nc4cccnc4n(Cc4ccc(C)cc4)c3=O)CC2)c1. The average Bonchev–Trinajstić information content (AvgIpc) is 2.92. The Bertz CT molecular complexity index is 1460. The van der Waals surface area contributed by atoms with Crippen molar-refractivity contribution in [2.45, 2.75) is 32.4 Å². The van der Waals surface area contributed by atoms with Crippen LogP contribution in [0.25, 0.3) is 11.2 Å². The van der Waals surface area contributed by atoms with Crippen molar-refractivity contribution in [2.24, 2.45) is 0 Å². The van der Waals surface area contributed by atoms with Gasteiger partial charge in [-0.05, 0) is 49.6 Å². The van der Waals surface area contributed by atoms with Crippen molar-refractivity contribution in [3.8, 4) is 5.75 Å². The van der Waals surface area contributed by atoms with E-state index in [0.717, 1.165) is 5.56 Å². The molecule has 0 saturated carbocycles. The molecular formula is C28H30N6O3. The fourth-order valence-electron chi connectivity index (χ4n) is 4.58. The van der Waals surface area contributed by atoms with Gasteiger partial charge in [0.15, 0.2) is 11.5 Å². The number of rotatable bonds is 6.